The maximum Gasteiger partial charge on any atom is 2.00 e. The Bertz CT molecular complexity index is 386. The fourth-order valence-corrected chi connectivity index (χ4v) is 2.75. The molecule has 0 radical (unpaired) electrons. The Morgan fingerprint density at radius 2 is 1.29 bits per heavy atom. The number of nitrogens with one attached hydrogen (secondary N) is 1. The van der Waals surface area contributed by atoms with E-state index in [-0.39, 0.29) is 32.1 Å². The summed E-state index contributed by atoms with van der Waals surface area (Å²) >= 11 is 0. The molecule has 1 N–H and O–H groups in total. The summed E-state index contributed by atoms with van der Waals surface area (Å²) in [4.78, 5) is 11.2. The SMILES string of the molecule is C1CCCC1.C1CCCC1.C=CCCC(=O)Nc1ccccc1.[Zr+2]. The summed E-state index contributed by atoms with van der Waals surface area (Å²) in [5, 5.41) is 2.79. The fraction of sp³-hybridized carbons (Fsp3) is 0.571. The van der Waals surface area contributed by atoms with Gasteiger partial charge in [0.05, 0.1) is 0 Å². The van der Waals surface area contributed by atoms with E-state index in [1.54, 1.807) is 6.08 Å². The molecule has 0 atom stereocenters. The van der Waals surface area contributed by atoms with Crippen LogP contribution in [0.15, 0.2) is 43.0 Å². The largest absolute Gasteiger partial charge is 2.00 e. The van der Waals surface area contributed by atoms with E-state index in [0.29, 0.717) is 6.42 Å². The Balaban J connectivity index is 0.000000393. The zero-order valence-electron chi connectivity index (χ0n) is 15.1. The molecule has 2 fully saturated rings. The van der Waals surface area contributed by atoms with E-state index in [1.165, 1.54) is 64.2 Å². The van der Waals surface area contributed by atoms with Crippen LogP contribution in [0.25, 0.3) is 0 Å². The van der Waals surface area contributed by atoms with Crippen LogP contribution in [0.5, 0.6) is 0 Å². The van der Waals surface area contributed by atoms with Gasteiger partial charge < -0.3 is 5.32 Å². The van der Waals surface area contributed by atoms with Gasteiger partial charge in [0.25, 0.3) is 0 Å². The van der Waals surface area contributed by atoms with Crippen molar-refractivity contribution >= 4 is 11.6 Å². The van der Waals surface area contributed by atoms with Crippen molar-refractivity contribution in [3.05, 3.63) is 43.0 Å². The molecule has 130 valence electrons. The summed E-state index contributed by atoms with van der Waals surface area (Å²) < 4.78 is 0. The van der Waals surface area contributed by atoms with Crippen LogP contribution in [0.1, 0.15) is 77.0 Å². The Hall–Kier alpha value is -0.687. The quantitative estimate of drug-likeness (QED) is 0.569. The van der Waals surface area contributed by atoms with E-state index in [1.807, 2.05) is 30.3 Å². The van der Waals surface area contributed by atoms with Gasteiger partial charge >= 0.3 is 26.2 Å². The summed E-state index contributed by atoms with van der Waals surface area (Å²) in [6, 6.07) is 9.43. The Morgan fingerprint density at radius 1 is 0.875 bits per heavy atom. The molecule has 2 saturated carbocycles. The molecule has 1 aromatic rings. The first kappa shape index (κ1) is 23.3. The number of hydrogen-bond acceptors (Lipinski definition) is 1. The third-order valence-corrected chi connectivity index (χ3v) is 4.13. The molecule has 0 spiro atoms. The summed E-state index contributed by atoms with van der Waals surface area (Å²) in [6.07, 6.45) is 18.0. The minimum atomic E-state index is 0. The van der Waals surface area contributed by atoms with Crippen LogP contribution in [0, 0.1) is 0 Å². The molecule has 0 aliphatic heterocycles. The molecule has 24 heavy (non-hydrogen) atoms. The van der Waals surface area contributed by atoms with Gasteiger partial charge in [-0.25, -0.2) is 0 Å². The van der Waals surface area contributed by atoms with Gasteiger partial charge in [-0.2, -0.15) is 0 Å². The van der Waals surface area contributed by atoms with Crippen LogP contribution in [-0.4, -0.2) is 5.91 Å². The third-order valence-electron chi connectivity index (χ3n) is 4.13. The molecule has 0 unspecified atom stereocenters. The number of rotatable bonds is 4. The van der Waals surface area contributed by atoms with Gasteiger partial charge in [-0.15, -0.1) is 6.58 Å². The van der Waals surface area contributed by atoms with Gasteiger partial charge in [0, 0.05) is 12.1 Å². The molecular formula is C21H33NOZr+2. The van der Waals surface area contributed by atoms with Crippen molar-refractivity contribution in [1.82, 2.24) is 0 Å². The van der Waals surface area contributed by atoms with Crippen LogP contribution in [0.4, 0.5) is 5.69 Å². The van der Waals surface area contributed by atoms with Crippen LogP contribution < -0.4 is 5.32 Å². The number of allylic oxidation sites excluding steroid dienone is 1. The molecule has 0 aromatic heterocycles. The van der Waals surface area contributed by atoms with E-state index in [9.17, 15) is 4.79 Å². The van der Waals surface area contributed by atoms with Gasteiger partial charge in [-0.05, 0) is 18.6 Å². The first-order valence-corrected chi connectivity index (χ1v) is 9.28. The summed E-state index contributed by atoms with van der Waals surface area (Å²) in [5.41, 5.74) is 0.844. The van der Waals surface area contributed by atoms with Crippen molar-refractivity contribution in [3.63, 3.8) is 0 Å². The van der Waals surface area contributed by atoms with Gasteiger partial charge in [0.15, 0.2) is 0 Å². The zero-order chi connectivity index (χ0) is 16.6. The van der Waals surface area contributed by atoms with Crippen molar-refractivity contribution < 1.29 is 31.0 Å². The first-order chi connectivity index (χ1) is 11.3. The molecule has 2 nitrogen and oxygen atoms in total. The number of amides is 1. The molecule has 1 aromatic carbocycles. The maximum atomic E-state index is 11.2. The minimum absolute atomic E-state index is 0. The summed E-state index contributed by atoms with van der Waals surface area (Å²) in [6.45, 7) is 3.56. The van der Waals surface area contributed by atoms with Crippen LogP contribution in [-0.2, 0) is 31.0 Å². The average molecular weight is 407 g/mol. The molecule has 0 bridgehead atoms. The second kappa shape index (κ2) is 17.1. The number of benzene rings is 1. The van der Waals surface area contributed by atoms with Gasteiger partial charge in [-0.1, -0.05) is 88.5 Å². The Kier molecular flexibility index (Phi) is 16.7. The predicted octanol–water partition coefficient (Wildman–Crippen LogP) is 6.49. The number of hydrogen-bond donors (Lipinski definition) is 1. The minimum Gasteiger partial charge on any atom is -0.326 e. The Labute approximate surface area is 167 Å². The average Bonchev–Trinajstić information content (AvgIpc) is 3.31. The predicted molar refractivity (Wildman–Crippen MR) is 101 cm³/mol. The van der Waals surface area contributed by atoms with Crippen LogP contribution in [0.2, 0.25) is 0 Å². The third kappa shape index (κ3) is 13.7. The molecule has 3 rings (SSSR count). The van der Waals surface area contributed by atoms with E-state index >= 15 is 0 Å². The molecule has 2 aliphatic carbocycles. The normalized spacial score (nSPS) is 15.0. The van der Waals surface area contributed by atoms with Gasteiger partial charge in [0.2, 0.25) is 5.91 Å². The van der Waals surface area contributed by atoms with Crippen molar-refractivity contribution in [2.24, 2.45) is 0 Å². The summed E-state index contributed by atoms with van der Waals surface area (Å²) in [5.74, 6) is 0.0334. The molecule has 3 heteroatoms. The number of anilines is 1. The first-order valence-electron chi connectivity index (χ1n) is 9.28. The van der Waals surface area contributed by atoms with Gasteiger partial charge in [-0.3, -0.25) is 4.79 Å². The van der Waals surface area contributed by atoms with Crippen molar-refractivity contribution in [3.8, 4) is 0 Å². The standard InChI is InChI=1S/C11H13NO.2C5H10.Zr/c1-2-3-9-11(13)12-10-7-5-4-6-8-10;2*1-2-4-5-3-1;/h2,4-8H,1,3,9H2,(H,12,13);2*1-5H2;/q;;;+2. The van der Waals surface area contributed by atoms with Crippen LogP contribution >= 0.6 is 0 Å². The van der Waals surface area contributed by atoms with E-state index in [0.717, 1.165) is 12.1 Å². The number of para-hydroxylation sites is 1. The smallest absolute Gasteiger partial charge is 0.326 e. The number of carbonyl (C=O) groups excluding carboxylic acids is 1. The van der Waals surface area contributed by atoms with E-state index < -0.39 is 0 Å². The fourth-order valence-electron chi connectivity index (χ4n) is 2.75. The monoisotopic (exact) mass is 405 g/mol. The molecule has 0 heterocycles. The van der Waals surface area contributed by atoms with Crippen molar-refractivity contribution in [2.45, 2.75) is 77.0 Å². The second-order valence-electron chi connectivity index (χ2n) is 6.28. The molecular weight excluding hydrogens is 373 g/mol. The topological polar surface area (TPSA) is 29.1 Å². The summed E-state index contributed by atoms with van der Waals surface area (Å²) in [7, 11) is 0. The van der Waals surface area contributed by atoms with Crippen molar-refractivity contribution in [2.75, 3.05) is 5.32 Å². The van der Waals surface area contributed by atoms with E-state index in [4.69, 9.17) is 0 Å². The van der Waals surface area contributed by atoms with Crippen molar-refractivity contribution in [1.29, 1.82) is 0 Å². The molecule has 2 aliphatic rings. The van der Waals surface area contributed by atoms with E-state index in [2.05, 4.69) is 11.9 Å². The van der Waals surface area contributed by atoms with Crippen LogP contribution in [0.3, 0.4) is 0 Å². The molecule has 0 saturated heterocycles. The zero-order valence-corrected chi connectivity index (χ0v) is 17.5. The number of carbonyl (C=O) groups is 1. The maximum absolute atomic E-state index is 11.2. The van der Waals surface area contributed by atoms with Gasteiger partial charge in [0.1, 0.15) is 0 Å². The second-order valence-corrected chi connectivity index (χ2v) is 6.28. The Morgan fingerprint density at radius 3 is 1.67 bits per heavy atom. The molecule has 1 amide bonds.